The van der Waals surface area contributed by atoms with Gasteiger partial charge in [0.1, 0.15) is 10.7 Å². The third-order valence-electron chi connectivity index (χ3n) is 4.84. The Labute approximate surface area is 175 Å². The molecule has 1 aliphatic heterocycles. The summed E-state index contributed by atoms with van der Waals surface area (Å²) >= 11 is 0. The van der Waals surface area contributed by atoms with Crippen LogP contribution in [0.25, 0.3) is 0 Å². The van der Waals surface area contributed by atoms with Crippen molar-refractivity contribution in [3.05, 3.63) is 59.2 Å². The van der Waals surface area contributed by atoms with E-state index in [4.69, 9.17) is 0 Å². The van der Waals surface area contributed by atoms with Crippen molar-refractivity contribution in [3.63, 3.8) is 0 Å². The summed E-state index contributed by atoms with van der Waals surface area (Å²) in [4.78, 5) is -0.816. The fraction of sp³-hybridized carbons (Fsp3) is 0.368. The Kier molecular flexibility index (Phi) is 6.86. The second-order valence-corrected chi connectivity index (χ2v) is 9.10. The van der Waals surface area contributed by atoms with Crippen LogP contribution < -0.4 is 5.32 Å². The standard InChI is InChI=1S/C19H20F4N2O5S/c20-14-4-1-10(19(28)24-11-6-15(21)18(23)16(22)7-11)5-17(14)31(29,30)25-8-12(26)2-3-13(27)9-25/h1,4-7,12-13,19,24,26-28H,2-3,8-9H2/t12-,13+,19?. The van der Waals surface area contributed by atoms with Crippen LogP contribution in [-0.4, -0.2) is 53.3 Å². The average molecular weight is 464 g/mol. The molecule has 0 bridgehead atoms. The van der Waals surface area contributed by atoms with E-state index in [1.165, 1.54) is 0 Å². The van der Waals surface area contributed by atoms with Gasteiger partial charge in [-0.1, -0.05) is 6.07 Å². The van der Waals surface area contributed by atoms with Gasteiger partial charge < -0.3 is 20.6 Å². The van der Waals surface area contributed by atoms with Crippen LogP contribution in [0.3, 0.4) is 0 Å². The molecular weight excluding hydrogens is 444 g/mol. The van der Waals surface area contributed by atoms with Crippen molar-refractivity contribution in [1.82, 2.24) is 4.31 Å². The van der Waals surface area contributed by atoms with Gasteiger partial charge in [-0.25, -0.2) is 26.0 Å². The van der Waals surface area contributed by atoms with E-state index in [1.54, 1.807) is 0 Å². The van der Waals surface area contributed by atoms with Crippen molar-refractivity contribution in [3.8, 4) is 0 Å². The zero-order chi connectivity index (χ0) is 22.9. The van der Waals surface area contributed by atoms with Gasteiger partial charge in [0.2, 0.25) is 10.0 Å². The van der Waals surface area contributed by atoms with Crippen molar-refractivity contribution in [2.75, 3.05) is 18.4 Å². The Morgan fingerprint density at radius 1 is 0.935 bits per heavy atom. The summed E-state index contributed by atoms with van der Waals surface area (Å²) < 4.78 is 80.8. The van der Waals surface area contributed by atoms with Crippen molar-refractivity contribution in [2.45, 2.75) is 36.2 Å². The molecule has 1 saturated heterocycles. The van der Waals surface area contributed by atoms with E-state index in [0.29, 0.717) is 12.1 Å². The highest BCUT2D eigenvalue weighted by atomic mass is 32.2. The van der Waals surface area contributed by atoms with E-state index in [-0.39, 0.29) is 37.2 Å². The smallest absolute Gasteiger partial charge is 0.246 e. The molecule has 0 radical (unpaired) electrons. The molecule has 4 N–H and O–H groups in total. The molecule has 1 aliphatic rings. The summed E-state index contributed by atoms with van der Waals surface area (Å²) in [6.45, 7) is -0.698. The maximum Gasteiger partial charge on any atom is 0.246 e. The topological polar surface area (TPSA) is 110 Å². The van der Waals surface area contributed by atoms with E-state index in [0.717, 1.165) is 22.5 Å². The molecule has 2 aromatic carbocycles. The first-order valence-corrected chi connectivity index (χ1v) is 10.7. The van der Waals surface area contributed by atoms with Crippen LogP contribution in [0.4, 0.5) is 23.2 Å². The second-order valence-electron chi connectivity index (χ2n) is 7.20. The first-order valence-electron chi connectivity index (χ1n) is 9.24. The van der Waals surface area contributed by atoms with Gasteiger partial charge in [-0.2, -0.15) is 4.31 Å². The molecule has 1 heterocycles. The molecule has 3 rings (SSSR count). The Hall–Kier alpha value is -2.25. The van der Waals surface area contributed by atoms with Crippen LogP contribution in [0.15, 0.2) is 35.2 Å². The summed E-state index contributed by atoms with van der Waals surface area (Å²) in [7, 11) is -4.50. The third kappa shape index (κ3) is 5.15. The number of hydrogen-bond acceptors (Lipinski definition) is 6. The minimum absolute atomic E-state index is 0.166. The number of β-amino-alcohol motifs (C(OH)–C–C–N with tert-alkyl or cyclic N) is 2. The number of sulfonamides is 1. The fourth-order valence-corrected chi connectivity index (χ4v) is 4.83. The van der Waals surface area contributed by atoms with Gasteiger partial charge in [0, 0.05) is 36.5 Å². The number of halogens is 4. The molecule has 3 atom stereocenters. The SMILES string of the molecule is O=S(=O)(c1cc(C(O)Nc2cc(F)c(F)c(F)c2)ccc1F)N1C[C@H](O)CC[C@H](O)C1. The number of nitrogens with one attached hydrogen (secondary N) is 1. The Morgan fingerprint density at radius 2 is 1.48 bits per heavy atom. The lowest BCUT2D eigenvalue weighted by atomic mass is 10.1. The number of aliphatic hydroxyl groups excluding tert-OH is 3. The Bertz CT molecular complexity index is 1030. The lowest BCUT2D eigenvalue weighted by Gasteiger charge is -2.24. The van der Waals surface area contributed by atoms with Crippen LogP contribution in [0.1, 0.15) is 24.6 Å². The summed E-state index contributed by atoms with van der Waals surface area (Å²) in [6.07, 6.45) is -3.48. The lowest BCUT2D eigenvalue weighted by Crippen LogP contribution is -2.39. The maximum absolute atomic E-state index is 14.4. The molecule has 2 aromatic rings. The monoisotopic (exact) mass is 464 g/mol. The number of nitrogens with zero attached hydrogens (tertiary/aromatic N) is 1. The molecule has 0 saturated carbocycles. The molecule has 0 aromatic heterocycles. The van der Waals surface area contributed by atoms with E-state index < -0.39 is 56.6 Å². The van der Waals surface area contributed by atoms with Gasteiger partial charge in [0.15, 0.2) is 23.7 Å². The largest absolute Gasteiger partial charge is 0.392 e. The second kappa shape index (κ2) is 9.09. The molecule has 1 unspecified atom stereocenters. The van der Waals surface area contributed by atoms with Gasteiger partial charge in [0.25, 0.3) is 0 Å². The quantitative estimate of drug-likeness (QED) is 0.306. The van der Waals surface area contributed by atoms with Crippen molar-refractivity contribution in [2.24, 2.45) is 0 Å². The predicted octanol–water partition coefficient (Wildman–Crippen LogP) is 1.85. The average Bonchev–Trinajstić information content (AvgIpc) is 2.87. The van der Waals surface area contributed by atoms with Crippen LogP contribution >= 0.6 is 0 Å². The molecule has 12 heteroatoms. The number of rotatable bonds is 5. The molecule has 31 heavy (non-hydrogen) atoms. The van der Waals surface area contributed by atoms with E-state index in [9.17, 15) is 41.3 Å². The summed E-state index contributed by atoms with van der Waals surface area (Å²) in [6, 6.07) is 3.83. The normalized spacial score (nSPS) is 21.5. The molecule has 170 valence electrons. The van der Waals surface area contributed by atoms with Crippen molar-refractivity contribution in [1.29, 1.82) is 0 Å². The minimum atomic E-state index is -4.50. The Balaban J connectivity index is 1.90. The zero-order valence-electron chi connectivity index (χ0n) is 16.0. The van der Waals surface area contributed by atoms with E-state index in [2.05, 4.69) is 5.32 Å². The predicted molar refractivity (Wildman–Crippen MR) is 101 cm³/mol. The fourth-order valence-electron chi connectivity index (χ4n) is 3.22. The van der Waals surface area contributed by atoms with Gasteiger partial charge in [0.05, 0.1) is 12.2 Å². The number of benzene rings is 2. The molecule has 0 aliphatic carbocycles. The number of hydrogen-bond donors (Lipinski definition) is 4. The summed E-state index contributed by atoms with van der Waals surface area (Å²) in [5.74, 6) is -5.84. The molecular formula is C19H20F4N2O5S. The third-order valence-corrected chi connectivity index (χ3v) is 6.68. The summed E-state index contributed by atoms with van der Waals surface area (Å²) in [5.41, 5.74) is -0.502. The number of anilines is 1. The van der Waals surface area contributed by atoms with Crippen LogP contribution in [0, 0.1) is 23.3 Å². The molecule has 7 nitrogen and oxygen atoms in total. The zero-order valence-corrected chi connectivity index (χ0v) is 16.8. The van der Waals surface area contributed by atoms with Crippen LogP contribution in [-0.2, 0) is 10.0 Å². The van der Waals surface area contributed by atoms with E-state index in [1.807, 2.05) is 0 Å². The van der Waals surface area contributed by atoms with Crippen LogP contribution in [0.5, 0.6) is 0 Å². The first-order chi connectivity index (χ1) is 14.5. The van der Waals surface area contributed by atoms with Crippen molar-refractivity contribution >= 4 is 15.7 Å². The van der Waals surface area contributed by atoms with Gasteiger partial charge in [-0.15, -0.1) is 0 Å². The molecule has 1 fully saturated rings. The van der Waals surface area contributed by atoms with Gasteiger partial charge in [-0.05, 0) is 25.0 Å². The van der Waals surface area contributed by atoms with E-state index >= 15 is 0 Å². The minimum Gasteiger partial charge on any atom is -0.392 e. The number of aliphatic hydroxyl groups is 3. The highest BCUT2D eigenvalue weighted by molar-refractivity contribution is 7.89. The lowest BCUT2D eigenvalue weighted by molar-refractivity contribution is 0.144. The molecule has 0 spiro atoms. The summed E-state index contributed by atoms with van der Waals surface area (Å²) in [5, 5.41) is 32.3. The van der Waals surface area contributed by atoms with Gasteiger partial charge in [-0.3, -0.25) is 0 Å². The highest BCUT2D eigenvalue weighted by Crippen LogP contribution is 2.27. The highest BCUT2D eigenvalue weighted by Gasteiger charge is 2.33. The van der Waals surface area contributed by atoms with Crippen LogP contribution in [0.2, 0.25) is 0 Å². The van der Waals surface area contributed by atoms with Gasteiger partial charge >= 0.3 is 0 Å². The molecule has 0 amide bonds. The first kappa shape index (κ1) is 23.4. The Morgan fingerprint density at radius 3 is 2.03 bits per heavy atom. The maximum atomic E-state index is 14.4. The van der Waals surface area contributed by atoms with Crippen molar-refractivity contribution < 1.29 is 41.3 Å².